The normalized spacial score (nSPS) is 10.5. The van der Waals surface area contributed by atoms with Crippen LogP contribution in [-0.4, -0.2) is 17.8 Å². The van der Waals surface area contributed by atoms with Crippen molar-refractivity contribution in [3.8, 4) is 0 Å². The Morgan fingerprint density at radius 3 is 2.48 bits per heavy atom. The second-order valence-corrected chi connectivity index (χ2v) is 5.68. The minimum Gasteiger partial charge on any atom is -0.368 e. The fourth-order valence-corrected chi connectivity index (χ4v) is 2.59. The highest BCUT2D eigenvalue weighted by molar-refractivity contribution is 6.52. The Labute approximate surface area is 142 Å². The largest absolute Gasteiger partial charge is 0.368 e. The van der Waals surface area contributed by atoms with Gasteiger partial charge in [0.25, 0.3) is 0 Å². The molecule has 1 aromatic heterocycles. The van der Waals surface area contributed by atoms with Crippen molar-refractivity contribution in [2.45, 2.75) is 6.42 Å². The number of rotatable bonds is 5. The number of aldehydes is 1. The van der Waals surface area contributed by atoms with Crippen LogP contribution in [0.1, 0.15) is 15.9 Å². The smallest absolute Gasteiger partial charge is 0.151 e. The lowest BCUT2D eigenvalue weighted by Gasteiger charge is -2.11. The molecule has 0 amide bonds. The summed E-state index contributed by atoms with van der Waals surface area (Å²) in [5.41, 5.74) is 1.59. The molecule has 0 unspecified atom stereocenters. The Bertz CT molecular complexity index is 676. The average molecular weight is 364 g/mol. The molecule has 3 nitrogen and oxygen atoms in total. The first-order valence-corrected chi connectivity index (χ1v) is 7.52. The molecule has 1 N–H and O–H groups in total. The van der Waals surface area contributed by atoms with Crippen molar-refractivity contribution in [3.63, 3.8) is 0 Å². The molecular formula is C14H10Cl4N2O. The molecule has 0 bridgehead atoms. The zero-order valence-electron chi connectivity index (χ0n) is 10.7. The van der Waals surface area contributed by atoms with Crippen LogP contribution in [0.5, 0.6) is 0 Å². The molecule has 0 spiro atoms. The van der Waals surface area contributed by atoms with E-state index in [-0.39, 0.29) is 20.2 Å². The summed E-state index contributed by atoms with van der Waals surface area (Å²) in [5, 5.41) is 3.62. The van der Waals surface area contributed by atoms with Crippen LogP contribution in [0.25, 0.3) is 0 Å². The first kappa shape index (κ1) is 16.4. The molecule has 0 radical (unpaired) electrons. The van der Waals surface area contributed by atoms with Gasteiger partial charge in [-0.2, -0.15) is 0 Å². The van der Waals surface area contributed by atoms with Crippen molar-refractivity contribution in [1.82, 2.24) is 4.98 Å². The first-order chi connectivity index (χ1) is 10.0. The molecule has 0 fully saturated rings. The molecule has 1 heterocycles. The number of halogens is 4. The van der Waals surface area contributed by atoms with Gasteiger partial charge in [-0.25, -0.2) is 4.98 Å². The Balaban J connectivity index is 2.09. The monoisotopic (exact) mass is 362 g/mol. The predicted octanol–water partition coefficient (Wildman–Crippen LogP) is 5.16. The van der Waals surface area contributed by atoms with Crippen molar-refractivity contribution in [2.75, 3.05) is 11.9 Å². The fraction of sp³-hybridized carbons (Fsp3) is 0.143. The topological polar surface area (TPSA) is 42.0 Å². The number of anilines is 1. The van der Waals surface area contributed by atoms with E-state index in [1.165, 1.54) is 0 Å². The van der Waals surface area contributed by atoms with E-state index in [9.17, 15) is 4.79 Å². The minimum absolute atomic E-state index is 0.0851. The summed E-state index contributed by atoms with van der Waals surface area (Å²) in [6.07, 6.45) is 1.46. The number of hydrogen-bond donors (Lipinski definition) is 1. The van der Waals surface area contributed by atoms with Gasteiger partial charge in [0.1, 0.15) is 17.1 Å². The molecule has 1 aromatic carbocycles. The Hall–Kier alpha value is -1.000. The van der Waals surface area contributed by atoms with E-state index in [2.05, 4.69) is 10.3 Å². The van der Waals surface area contributed by atoms with Gasteiger partial charge >= 0.3 is 0 Å². The zero-order chi connectivity index (χ0) is 15.4. The van der Waals surface area contributed by atoms with Crippen LogP contribution in [-0.2, 0) is 6.42 Å². The van der Waals surface area contributed by atoms with Gasteiger partial charge in [-0.05, 0) is 12.0 Å². The number of hydrogen-bond acceptors (Lipinski definition) is 3. The van der Waals surface area contributed by atoms with Crippen molar-refractivity contribution < 1.29 is 4.79 Å². The van der Waals surface area contributed by atoms with Gasteiger partial charge in [-0.15, -0.1) is 0 Å². The van der Waals surface area contributed by atoms with Crippen molar-refractivity contribution >= 4 is 58.5 Å². The Morgan fingerprint density at radius 1 is 1.05 bits per heavy atom. The summed E-state index contributed by atoms with van der Waals surface area (Å²) in [7, 11) is 0. The summed E-state index contributed by atoms with van der Waals surface area (Å²) in [6, 6.07) is 7.35. The summed E-state index contributed by atoms with van der Waals surface area (Å²) in [4.78, 5) is 15.0. The number of nitrogens with one attached hydrogen (secondary N) is 1. The number of pyridine rings is 1. The number of carbonyl (C=O) groups is 1. The number of nitrogens with zero attached hydrogens (tertiary/aromatic N) is 1. The Morgan fingerprint density at radius 2 is 1.76 bits per heavy atom. The third-order valence-electron chi connectivity index (χ3n) is 2.85. The van der Waals surface area contributed by atoms with Gasteiger partial charge < -0.3 is 5.32 Å². The molecule has 7 heteroatoms. The van der Waals surface area contributed by atoms with Gasteiger partial charge in [0, 0.05) is 12.1 Å². The van der Waals surface area contributed by atoms with Crippen LogP contribution in [0.2, 0.25) is 20.2 Å². The van der Waals surface area contributed by atoms with Crippen LogP contribution in [0.4, 0.5) is 5.82 Å². The minimum atomic E-state index is 0.0851. The molecule has 0 saturated heterocycles. The first-order valence-electron chi connectivity index (χ1n) is 6.01. The van der Waals surface area contributed by atoms with E-state index in [4.69, 9.17) is 46.4 Å². The predicted molar refractivity (Wildman–Crippen MR) is 88.3 cm³/mol. The number of aromatic nitrogens is 1. The average Bonchev–Trinajstić information content (AvgIpc) is 2.50. The highest BCUT2D eigenvalue weighted by Gasteiger charge is 2.14. The van der Waals surface area contributed by atoms with Crippen LogP contribution in [0, 0.1) is 0 Å². The number of benzene rings is 1. The molecule has 2 aromatic rings. The summed E-state index contributed by atoms with van der Waals surface area (Å²) in [5.74, 6) is 0.361. The molecule has 0 saturated carbocycles. The second-order valence-electron chi connectivity index (χ2n) is 4.19. The van der Waals surface area contributed by atoms with Gasteiger partial charge in [0.2, 0.25) is 0 Å². The lowest BCUT2D eigenvalue weighted by Crippen LogP contribution is -2.08. The van der Waals surface area contributed by atoms with Crippen LogP contribution >= 0.6 is 46.4 Å². The third-order valence-corrected chi connectivity index (χ3v) is 4.53. The maximum absolute atomic E-state index is 10.9. The van der Waals surface area contributed by atoms with E-state index < -0.39 is 0 Å². The van der Waals surface area contributed by atoms with Gasteiger partial charge in [-0.3, -0.25) is 4.79 Å². The van der Waals surface area contributed by atoms with Crippen molar-refractivity contribution in [1.29, 1.82) is 0 Å². The SMILES string of the molecule is O=Cc1ccccc1CCNc1nc(Cl)c(Cl)c(Cl)c1Cl. The van der Waals surface area contributed by atoms with E-state index in [1.807, 2.05) is 18.2 Å². The van der Waals surface area contributed by atoms with Crippen molar-refractivity contribution in [3.05, 3.63) is 55.6 Å². The van der Waals surface area contributed by atoms with E-state index in [0.717, 1.165) is 11.8 Å². The molecule has 110 valence electrons. The molecule has 21 heavy (non-hydrogen) atoms. The Kier molecular flexibility index (Phi) is 5.71. The lowest BCUT2D eigenvalue weighted by atomic mass is 10.1. The van der Waals surface area contributed by atoms with Gasteiger partial charge in [0.05, 0.1) is 10.0 Å². The standard InChI is InChI=1S/C14H10Cl4N2O/c15-10-11(16)13(18)20-14(12(10)17)19-6-5-8-3-1-2-4-9(8)7-21/h1-4,7H,5-6H2,(H,19,20). The molecule has 0 aliphatic heterocycles. The van der Waals surface area contributed by atoms with E-state index >= 15 is 0 Å². The lowest BCUT2D eigenvalue weighted by molar-refractivity contribution is 0.112. The quantitative estimate of drug-likeness (QED) is 0.589. The van der Waals surface area contributed by atoms with Crippen molar-refractivity contribution in [2.24, 2.45) is 0 Å². The number of carbonyl (C=O) groups excluding carboxylic acids is 1. The summed E-state index contributed by atoms with van der Waals surface area (Å²) >= 11 is 23.7. The van der Waals surface area contributed by atoms with E-state index in [1.54, 1.807) is 6.07 Å². The highest BCUT2D eigenvalue weighted by Crippen LogP contribution is 2.38. The fourth-order valence-electron chi connectivity index (χ4n) is 1.80. The molecule has 0 aliphatic rings. The van der Waals surface area contributed by atoms with Crippen LogP contribution in [0.15, 0.2) is 24.3 Å². The summed E-state index contributed by atoms with van der Waals surface area (Å²) < 4.78 is 0. The van der Waals surface area contributed by atoms with E-state index in [0.29, 0.717) is 24.3 Å². The maximum Gasteiger partial charge on any atom is 0.151 e. The molecule has 0 atom stereocenters. The molecule has 2 rings (SSSR count). The molecular weight excluding hydrogens is 354 g/mol. The zero-order valence-corrected chi connectivity index (χ0v) is 13.7. The van der Waals surface area contributed by atoms with Crippen LogP contribution in [0.3, 0.4) is 0 Å². The summed E-state index contributed by atoms with van der Waals surface area (Å²) in [6.45, 7) is 0.520. The second kappa shape index (κ2) is 7.32. The van der Waals surface area contributed by atoms with Gasteiger partial charge in [-0.1, -0.05) is 70.7 Å². The van der Waals surface area contributed by atoms with Crippen LogP contribution < -0.4 is 5.32 Å². The third kappa shape index (κ3) is 3.80. The maximum atomic E-state index is 10.9. The molecule has 0 aliphatic carbocycles. The highest BCUT2D eigenvalue weighted by atomic mass is 35.5. The van der Waals surface area contributed by atoms with Gasteiger partial charge in [0.15, 0.2) is 5.15 Å².